The smallest absolute Gasteiger partial charge is 0.201 e. The Bertz CT molecular complexity index is 941. The monoisotopic (exact) mass is 353 g/mol. The van der Waals surface area contributed by atoms with E-state index >= 15 is 0 Å². The van der Waals surface area contributed by atoms with E-state index in [0.29, 0.717) is 26.3 Å². The van der Waals surface area contributed by atoms with Crippen LogP contribution in [-0.4, -0.2) is 45.3 Å². The predicted molar refractivity (Wildman–Crippen MR) is 102 cm³/mol. The molecule has 0 radical (unpaired) electrons. The first-order valence-corrected chi connectivity index (χ1v) is 8.85. The van der Waals surface area contributed by atoms with Crippen LogP contribution < -0.4 is 5.32 Å². The van der Waals surface area contributed by atoms with Crippen LogP contribution in [0, 0.1) is 0 Å². The van der Waals surface area contributed by atoms with Gasteiger partial charge in [0, 0.05) is 23.3 Å². The molecule has 26 heavy (non-hydrogen) atoms. The topological polar surface area (TPSA) is 87.5 Å². The Balaban J connectivity index is 1.78. The van der Waals surface area contributed by atoms with Crippen molar-refractivity contribution < 1.29 is 9.84 Å². The third kappa shape index (κ3) is 2.94. The van der Waals surface area contributed by atoms with Gasteiger partial charge in [0.2, 0.25) is 5.88 Å². The van der Waals surface area contributed by atoms with Gasteiger partial charge < -0.3 is 19.7 Å². The third-order valence-corrected chi connectivity index (χ3v) is 4.60. The highest BCUT2D eigenvalue weighted by Crippen LogP contribution is 2.36. The Morgan fingerprint density at radius 3 is 2.92 bits per heavy atom. The number of ether oxygens (including phenoxy) is 1. The lowest BCUT2D eigenvalue weighted by Gasteiger charge is -2.14. The van der Waals surface area contributed by atoms with Crippen molar-refractivity contribution in [1.29, 1.82) is 0 Å². The Hall–Kier alpha value is -2.80. The Morgan fingerprint density at radius 1 is 1.35 bits per heavy atom. The van der Waals surface area contributed by atoms with Crippen molar-refractivity contribution in [3.63, 3.8) is 0 Å². The van der Waals surface area contributed by atoms with Gasteiger partial charge in [0.05, 0.1) is 48.8 Å². The van der Waals surface area contributed by atoms with Crippen molar-refractivity contribution in [3.05, 3.63) is 41.7 Å². The molecule has 0 unspecified atom stereocenters. The molecule has 0 aliphatic carbocycles. The molecule has 2 aromatic heterocycles. The molecule has 1 aliphatic heterocycles. The minimum absolute atomic E-state index is 0.139. The molecular formula is C19H23N5O2. The van der Waals surface area contributed by atoms with Crippen LogP contribution in [0.3, 0.4) is 0 Å². The molecule has 3 N–H and O–H groups in total. The summed E-state index contributed by atoms with van der Waals surface area (Å²) in [5.74, 6) is 0.255. The molecular weight excluding hydrogens is 330 g/mol. The number of fused-ring (bicyclic) bond motifs is 1. The van der Waals surface area contributed by atoms with Gasteiger partial charge in [-0.3, -0.25) is 10.1 Å². The molecule has 3 heterocycles. The zero-order chi connectivity index (χ0) is 18.1. The summed E-state index contributed by atoms with van der Waals surface area (Å²) in [6.45, 7) is 6.46. The normalized spacial score (nSPS) is 14.8. The number of rotatable bonds is 5. The molecule has 7 heteroatoms. The predicted octanol–water partition coefficient (Wildman–Crippen LogP) is 3.08. The molecule has 3 aromatic rings. The number of aromatic amines is 1. The summed E-state index contributed by atoms with van der Waals surface area (Å²) in [5.41, 5.74) is 4.57. The Morgan fingerprint density at radius 2 is 2.23 bits per heavy atom. The van der Waals surface area contributed by atoms with Crippen LogP contribution in [0.15, 0.2) is 35.5 Å². The fourth-order valence-corrected chi connectivity index (χ4v) is 3.41. The molecule has 0 atom stereocenters. The van der Waals surface area contributed by atoms with E-state index in [1.165, 1.54) is 0 Å². The lowest BCUT2D eigenvalue weighted by molar-refractivity contribution is 0.171. The minimum atomic E-state index is 0.139. The van der Waals surface area contributed by atoms with Gasteiger partial charge in [-0.2, -0.15) is 5.10 Å². The van der Waals surface area contributed by atoms with Gasteiger partial charge in [0.25, 0.3) is 0 Å². The van der Waals surface area contributed by atoms with Crippen molar-refractivity contribution in [2.24, 2.45) is 4.99 Å². The summed E-state index contributed by atoms with van der Waals surface area (Å²) < 4.78 is 7.50. The van der Waals surface area contributed by atoms with Crippen LogP contribution in [0.5, 0.6) is 5.88 Å². The summed E-state index contributed by atoms with van der Waals surface area (Å²) in [6, 6.07) is 8.21. The van der Waals surface area contributed by atoms with E-state index < -0.39 is 0 Å². The largest absolute Gasteiger partial charge is 0.494 e. The van der Waals surface area contributed by atoms with Crippen molar-refractivity contribution >= 4 is 22.3 Å². The average Bonchev–Trinajstić information content (AvgIpc) is 3.25. The van der Waals surface area contributed by atoms with E-state index in [9.17, 15) is 5.11 Å². The first-order valence-electron chi connectivity index (χ1n) is 8.85. The standard InChI is InChI=1S/C19H23N5O2/c1-12(2)24-17-4-3-13(21-10-14-5-6-22-23-14)9-15(17)18(19(24)25)16-11-26-8-7-20-16/h3-6,9,12,21,25H,7-8,10-11H2,1-2H3,(H,22,23). The molecule has 0 saturated carbocycles. The number of aromatic hydroxyl groups is 1. The SMILES string of the molecule is CC(C)n1c(O)c(C2=NCCOC2)c2cc(NCc3ccn[nH]3)ccc21. The van der Waals surface area contributed by atoms with Crippen LogP contribution in [0.25, 0.3) is 10.9 Å². The number of hydrogen-bond acceptors (Lipinski definition) is 5. The Kier molecular flexibility index (Phi) is 4.38. The summed E-state index contributed by atoms with van der Waals surface area (Å²) in [5, 5.41) is 22.2. The van der Waals surface area contributed by atoms with Crippen LogP contribution >= 0.6 is 0 Å². The number of aromatic nitrogens is 3. The number of benzene rings is 1. The van der Waals surface area contributed by atoms with E-state index in [0.717, 1.165) is 33.6 Å². The van der Waals surface area contributed by atoms with Gasteiger partial charge in [-0.25, -0.2) is 0 Å². The highest BCUT2D eigenvalue weighted by Gasteiger charge is 2.23. The Labute approximate surface area is 151 Å². The number of nitrogens with one attached hydrogen (secondary N) is 2. The molecule has 0 spiro atoms. The lowest BCUT2D eigenvalue weighted by atomic mass is 10.1. The quantitative estimate of drug-likeness (QED) is 0.658. The van der Waals surface area contributed by atoms with E-state index in [2.05, 4.69) is 40.4 Å². The summed E-state index contributed by atoms with van der Waals surface area (Å²) in [7, 11) is 0. The van der Waals surface area contributed by atoms with Crippen LogP contribution in [0.2, 0.25) is 0 Å². The van der Waals surface area contributed by atoms with Gasteiger partial charge in [0.15, 0.2) is 0 Å². The fourth-order valence-electron chi connectivity index (χ4n) is 3.41. The first-order chi connectivity index (χ1) is 12.6. The van der Waals surface area contributed by atoms with E-state index in [1.54, 1.807) is 6.20 Å². The van der Waals surface area contributed by atoms with Gasteiger partial charge in [-0.05, 0) is 38.1 Å². The van der Waals surface area contributed by atoms with Gasteiger partial charge in [-0.1, -0.05) is 0 Å². The van der Waals surface area contributed by atoms with Crippen molar-refractivity contribution in [2.45, 2.75) is 26.4 Å². The number of aliphatic imine (C=N–C) groups is 1. The van der Waals surface area contributed by atoms with Crippen LogP contribution in [0.1, 0.15) is 31.1 Å². The molecule has 4 rings (SSSR count). The van der Waals surface area contributed by atoms with Crippen molar-refractivity contribution in [1.82, 2.24) is 14.8 Å². The van der Waals surface area contributed by atoms with Gasteiger partial charge in [0.1, 0.15) is 0 Å². The second kappa shape index (κ2) is 6.84. The zero-order valence-electron chi connectivity index (χ0n) is 15.0. The third-order valence-electron chi connectivity index (χ3n) is 4.60. The molecule has 1 aliphatic rings. The van der Waals surface area contributed by atoms with Crippen molar-refractivity contribution in [3.8, 4) is 5.88 Å². The molecule has 0 bridgehead atoms. The van der Waals surface area contributed by atoms with Crippen LogP contribution in [0.4, 0.5) is 5.69 Å². The molecule has 0 fully saturated rings. The van der Waals surface area contributed by atoms with Crippen molar-refractivity contribution in [2.75, 3.05) is 25.1 Å². The minimum Gasteiger partial charge on any atom is -0.494 e. The van der Waals surface area contributed by atoms with Gasteiger partial charge in [-0.15, -0.1) is 0 Å². The second-order valence-electron chi connectivity index (χ2n) is 6.71. The fraction of sp³-hybridized carbons (Fsp3) is 0.368. The number of nitrogens with zero attached hydrogens (tertiary/aromatic N) is 3. The maximum Gasteiger partial charge on any atom is 0.201 e. The van der Waals surface area contributed by atoms with E-state index in [4.69, 9.17) is 4.74 Å². The number of anilines is 1. The average molecular weight is 353 g/mol. The second-order valence-corrected chi connectivity index (χ2v) is 6.71. The summed E-state index contributed by atoms with van der Waals surface area (Å²) in [4.78, 5) is 4.58. The van der Waals surface area contributed by atoms with Crippen LogP contribution in [-0.2, 0) is 11.3 Å². The molecule has 0 saturated heterocycles. The maximum atomic E-state index is 10.9. The highest BCUT2D eigenvalue weighted by atomic mass is 16.5. The van der Waals surface area contributed by atoms with E-state index in [1.807, 2.05) is 22.8 Å². The highest BCUT2D eigenvalue weighted by molar-refractivity contribution is 6.14. The first kappa shape index (κ1) is 16.7. The lowest BCUT2D eigenvalue weighted by Crippen LogP contribution is -2.18. The number of hydrogen-bond donors (Lipinski definition) is 3. The zero-order valence-corrected chi connectivity index (χ0v) is 15.0. The molecule has 0 amide bonds. The maximum absolute atomic E-state index is 10.9. The van der Waals surface area contributed by atoms with Gasteiger partial charge >= 0.3 is 0 Å². The molecule has 136 valence electrons. The number of H-pyrrole nitrogens is 1. The summed E-state index contributed by atoms with van der Waals surface area (Å²) >= 11 is 0. The summed E-state index contributed by atoms with van der Waals surface area (Å²) in [6.07, 6.45) is 1.74. The van der Waals surface area contributed by atoms with E-state index in [-0.39, 0.29) is 11.9 Å². The molecule has 7 nitrogen and oxygen atoms in total. The molecule has 1 aromatic carbocycles.